The summed E-state index contributed by atoms with van der Waals surface area (Å²) in [5.41, 5.74) is 0.748. The molecule has 5 nitrogen and oxygen atoms in total. The Morgan fingerprint density at radius 2 is 1.69 bits per heavy atom. The van der Waals surface area contributed by atoms with Gasteiger partial charge < -0.3 is 15.0 Å². The molecule has 0 atom stereocenters. The first kappa shape index (κ1) is 19.0. The van der Waals surface area contributed by atoms with Crippen molar-refractivity contribution in [3.05, 3.63) is 24.3 Å². The molecule has 2 amide bonds. The van der Waals surface area contributed by atoms with E-state index in [0.717, 1.165) is 43.7 Å². The van der Waals surface area contributed by atoms with E-state index < -0.39 is 0 Å². The minimum atomic E-state index is -0.0228. The number of urea groups is 1. The van der Waals surface area contributed by atoms with Gasteiger partial charge in [0.15, 0.2) is 0 Å². The maximum atomic E-state index is 12.7. The number of nitrogens with one attached hydrogen (secondary N) is 1. The molecule has 144 valence electrons. The molecule has 1 saturated heterocycles. The summed E-state index contributed by atoms with van der Waals surface area (Å²) >= 11 is 0. The van der Waals surface area contributed by atoms with E-state index in [-0.39, 0.29) is 12.1 Å². The van der Waals surface area contributed by atoms with Gasteiger partial charge in [-0.25, -0.2) is 4.79 Å². The quantitative estimate of drug-likeness (QED) is 0.813. The Hall–Kier alpha value is -1.75. The lowest BCUT2D eigenvalue weighted by Gasteiger charge is -2.39. The van der Waals surface area contributed by atoms with Crippen LogP contribution in [0, 0.1) is 0 Å². The smallest absolute Gasteiger partial charge is 0.322 e. The minimum absolute atomic E-state index is 0.0228. The van der Waals surface area contributed by atoms with E-state index in [1.165, 1.54) is 38.5 Å². The highest BCUT2D eigenvalue weighted by molar-refractivity contribution is 5.91. The minimum Gasteiger partial charge on any atom is -0.489 e. The number of rotatable bonds is 4. The zero-order valence-electron chi connectivity index (χ0n) is 16.2. The predicted molar refractivity (Wildman–Crippen MR) is 106 cm³/mol. The first-order chi connectivity index (χ1) is 12.6. The van der Waals surface area contributed by atoms with E-state index in [1.807, 2.05) is 43.0 Å². The number of nitrogens with zero attached hydrogens (tertiary/aromatic N) is 2. The van der Waals surface area contributed by atoms with Gasteiger partial charge in [0.2, 0.25) is 0 Å². The molecular weight excluding hydrogens is 326 g/mol. The van der Waals surface area contributed by atoms with Crippen LogP contribution in [0.4, 0.5) is 10.5 Å². The van der Waals surface area contributed by atoms with Crippen LogP contribution < -0.4 is 10.1 Å². The molecule has 1 aliphatic carbocycles. The molecule has 2 aliphatic rings. The Bertz CT molecular complexity index is 574. The molecule has 2 fully saturated rings. The maximum absolute atomic E-state index is 12.7. The van der Waals surface area contributed by atoms with Crippen molar-refractivity contribution in [1.29, 1.82) is 0 Å². The highest BCUT2D eigenvalue weighted by Gasteiger charge is 2.26. The molecule has 1 aliphatic heterocycles. The molecule has 0 bridgehead atoms. The summed E-state index contributed by atoms with van der Waals surface area (Å²) in [4.78, 5) is 17.2. The van der Waals surface area contributed by atoms with Crippen LogP contribution in [0.3, 0.4) is 0 Å². The van der Waals surface area contributed by atoms with Crippen molar-refractivity contribution < 1.29 is 9.53 Å². The monoisotopic (exact) mass is 359 g/mol. The molecule has 1 saturated carbocycles. The second-order valence-corrected chi connectivity index (χ2v) is 7.76. The number of carbonyl (C=O) groups excluding carboxylic acids is 1. The summed E-state index contributed by atoms with van der Waals surface area (Å²) in [6, 6.07) is 8.36. The Kier molecular flexibility index (Phi) is 6.78. The van der Waals surface area contributed by atoms with Crippen molar-refractivity contribution in [2.45, 2.75) is 64.5 Å². The number of hydrogen-bond donors (Lipinski definition) is 1. The number of hydrogen-bond acceptors (Lipinski definition) is 3. The number of benzene rings is 1. The number of para-hydroxylation sites is 2. The second-order valence-electron chi connectivity index (χ2n) is 7.76. The molecule has 0 radical (unpaired) electrons. The fraction of sp³-hybridized carbons (Fsp3) is 0.667. The Morgan fingerprint density at radius 3 is 2.35 bits per heavy atom. The molecule has 26 heavy (non-hydrogen) atoms. The van der Waals surface area contributed by atoms with Gasteiger partial charge in [0, 0.05) is 32.2 Å². The van der Waals surface area contributed by atoms with Crippen LogP contribution in [0.5, 0.6) is 5.75 Å². The summed E-state index contributed by atoms with van der Waals surface area (Å²) in [6.07, 6.45) is 8.22. The standard InChI is InChI=1S/C21H33N3O2/c1-17(2)26-20-12-8-7-11-19(20)22-21(25)24-15-13-23(14-16-24)18-9-5-3-4-6-10-18/h7-8,11-12,17-18H,3-6,9-10,13-16H2,1-2H3,(H,22,25). The zero-order valence-corrected chi connectivity index (χ0v) is 16.2. The van der Waals surface area contributed by atoms with Crippen molar-refractivity contribution in [1.82, 2.24) is 9.80 Å². The summed E-state index contributed by atoms with van der Waals surface area (Å²) in [5, 5.41) is 3.03. The van der Waals surface area contributed by atoms with Crippen LogP contribution in [0.25, 0.3) is 0 Å². The Labute approximate surface area is 157 Å². The molecule has 1 N–H and O–H groups in total. The van der Waals surface area contributed by atoms with Crippen LogP contribution in [-0.4, -0.2) is 54.2 Å². The number of anilines is 1. The van der Waals surface area contributed by atoms with Crippen LogP contribution in [0.1, 0.15) is 52.4 Å². The van der Waals surface area contributed by atoms with Crippen molar-refractivity contribution in [3.8, 4) is 5.75 Å². The first-order valence-corrected chi connectivity index (χ1v) is 10.2. The first-order valence-electron chi connectivity index (χ1n) is 10.2. The van der Waals surface area contributed by atoms with Gasteiger partial charge in [-0.15, -0.1) is 0 Å². The van der Waals surface area contributed by atoms with Gasteiger partial charge in [-0.2, -0.15) is 0 Å². The molecule has 0 spiro atoms. The highest BCUT2D eigenvalue weighted by Crippen LogP contribution is 2.26. The van der Waals surface area contributed by atoms with Crippen LogP contribution in [0.2, 0.25) is 0 Å². The molecule has 0 aromatic heterocycles. The van der Waals surface area contributed by atoms with Crippen LogP contribution >= 0.6 is 0 Å². The summed E-state index contributed by atoms with van der Waals surface area (Å²) in [7, 11) is 0. The third-order valence-electron chi connectivity index (χ3n) is 5.43. The molecule has 1 aromatic carbocycles. The fourth-order valence-electron chi connectivity index (χ4n) is 4.03. The maximum Gasteiger partial charge on any atom is 0.322 e. The van der Waals surface area contributed by atoms with Crippen LogP contribution in [0.15, 0.2) is 24.3 Å². The molecule has 3 rings (SSSR count). The fourth-order valence-corrected chi connectivity index (χ4v) is 4.03. The van der Waals surface area contributed by atoms with Gasteiger partial charge >= 0.3 is 6.03 Å². The molecule has 5 heteroatoms. The van der Waals surface area contributed by atoms with Gasteiger partial charge in [0.1, 0.15) is 5.75 Å². The second kappa shape index (κ2) is 9.26. The number of ether oxygens (including phenoxy) is 1. The SMILES string of the molecule is CC(C)Oc1ccccc1NC(=O)N1CCN(C2CCCCCC2)CC1. The predicted octanol–water partition coefficient (Wildman–Crippen LogP) is 4.35. The normalized spacial score (nSPS) is 20.0. The molecule has 1 aromatic rings. The third-order valence-corrected chi connectivity index (χ3v) is 5.43. The molecule has 1 heterocycles. The lowest BCUT2D eigenvalue weighted by atomic mass is 10.1. The number of piperazine rings is 1. The summed E-state index contributed by atoms with van der Waals surface area (Å²) in [6.45, 7) is 7.56. The lowest BCUT2D eigenvalue weighted by Crippen LogP contribution is -2.52. The highest BCUT2D eigenvalue weighted by atomic mass is 16.5. The van der Waals surface area contributed by atoms with E-state index in [1.54, 1.807) is 0 Å². The number of amides is 2. The van der Waals surface area contributed by atoms with E-state index in [9.17, 15) is 4.79 Å². The van der Waals surface area contributed by atoms with E-state index >= 15 is 0 Å². The van der Waals surface area contributed by atoms with Gasteiger partial charge in [-0.1, -0.05) is 37.8 Å². The average Bonchev–Trinajstić information content (AvgIpc) is 2.92. The Balaban J connectivity index is 1.52. The summed E-state index contributed by atoms with van der Waals surface area (Å²) in [5.74, 6) is 0.730. The average molecular weight is 360 g/mol. The van der Waals surface area contributed by atoms with Crippen molar-refractivity contribution in [2.24, 2.45) is 0 Å². The molecule has 0 unspecified atom stereocenters. The van der Waals surface area contributed by atoms with Crippen LogP contribution in [-0.2, 0) is 0 Å². The van der Waals surface area contributed by atoms with Gasteiger partial charge in [-0.05, 0) is 38.8 Å². The van der Waals surface area contributed by atoms with E-state index in [2.05, 4.69) is 10.2 Å². The van der Waals surface area contributed by atoms with Crippen molar-refractivity contribution in [3.63, 3.8) is 0 Å². The lowest BCUT2D eigenvalue weighted by molar-refractivity contribution is 0.105. The van der Waals surface area contributed by atoms with Crippen molar-refractivity contribution in [2.75, 3.05) is 31.5 Å². The zero-order chi connectivity index (χ0) is 18.4. The van der Waals surface area contributed by atoms with Gasteiger partial charge in [0.05, 0.1) is 11.8 Å². The summed E-state index contributed by atoms with van der Waals surface area (Å²) < 4.78 is 5.80. The van der Waals surface area contributed by atoms with Gasteiger partial charge in [-0.3, -0.25) is 4.90 Å². The van der Waals surface area contributed by atoms with E-state index in [4.69, 9.17) is 4.74 Å². The molecular formula is C21H33N3O2. The van der Waals surface area contributed by atoms with E-state index in [0.29, 0.717) is 0 Å². The topological polar surface area (TPSA) is 44.8 Å². The number of carbonyl (C=O) groups is 1. The Morgan fingerprint density at radius 1 is 1.04 bits per heavy atom. The largest absolute Gasteiger partial charge is 0.489 e. The third kappa shape index (κ3) is 5.13. The van der Waals surface area contributed by atoms with Gasteiger partial charge in [0.25, 0.3) is 0 Å². The van der Waals surface area contributed by atoms with Crippen molar-refractivity contribution >= 4 is 11.7 Å².